The lowest BCUT2D eigenvalue weighted by Crippen LogP contribution is -2.08. The summed E-state index contributed by atoms with van der Waals surface area (Å²) in [5.74, 6) is 0.659. The molecule has 0 aliphatic carbocycles. The van der Waals surface area contributed by atoms with Crippen LogP contribution in [0.3, 0.4) is 0 Å². The number of unbranched alkanes of at least 4 members (excludes halogenated alkanes) is 7. The van der Waals surface area contributed by atoms with E-state index in [9.17, 15) is 14.9 Å². The lowest BCUT2D eigenvalue weighted by atomic mass is 10.1. The molecule has 0 unspecified atom stereocenters. The van der Waals surface area contributed by atoms with E-state index in [1.807, 2.05) is 0 Å². The van der Waals surface area contributed by atoms with Crippen molar-refractivity contribution >= 4 is 23.0 Å². The molecule has 0 bridgehead atoms. The van der Waals surface area contributed by atoms with Crippen LogP contribution in [0.25, 0.3) is 0 Å². The largest absolute Gasteiger partial charge is 0.494 e. The third-order valence-corrected chi connectivity index (χ3v) is 5.75. The normalized spacial score (nSPS) is 10.9. The van der Waals surface area contributed by atoms with Gasteiger partial charge in [0, 0.05) is 12.1 Å². The van der Waals surface area contributed by atoms with E-state index in [0.29, 0.717) is 29.3 Å². The van der Waals surface area contributed by atoms with Crippen molar-refractivity contribution in [3.05, 3.63) is 88.5 Å². The number of rotatable bonds is 15. The summed E-state index contributed by atoms with van der Waals surface area (Å²) < 4.78 is 11.2. The molecule has 0 saturated carbocycles. The molecular formula is C29H33N3O5. The van der Waals surface area contributed by atoms with Crippen molar-refractivity contribution in [3.63, 3.8) is 0 Å². The van der Waals surface area contributed by atoms with Crippen molar-refractivity contribution in [3.8, 4) is 11.5 Å². The molecule has 0 spiro atoms. The molecule has 194 valence electrons. The summed E-state index contributed by atoms with van der Waals surface area (Å²) >= 11 is 0. The number of benzene rings is 3. The number of non-ortho nitro benzene ring substituents is 1. The minimum atomic E-state index is -0.470. The van der Waals surface area contributed by atoms with Gasteiger partial charge < -0.3 is 9.47 Å². The van der Waals surface area contributed by atoms with Gasteiger partial charge in [-0.15, -0.1) is 0 Å². The van der Waals surface area contributed by atoms with E-state index in [0.717, 1.165) is 12.2 Å². The standard InChI is InChI=1S/C29H33N3O5/c1-2-3-4-5-6-7-8-9-22-36-27-18-10-23(11-19-27)29(33)37-28-20-14-25(15-21-28)31-30-24-12-16-26(17-13-24)32(34)35/h10-21H,2-9,22H2,1H3. The second kappa shape index (κ2) is 15.1. The van der Waals surface area contributed by atoms with Crippen LogP contribution in [-0.4, -0.2) is 17.5 Å². The fraction of sp³-hybridized carbons (Fsp3) is 0.345. The van der Waals surface area contributed by atoms with E-state index in [4.69, 9.17) is 9.47 Å². The van der Waals surface area contributed by atoms with E-state index < -0.39 is 10.9 Å². The minimum Gasteiger partial charge on any atom is -0.494 e. The van der Waals surface area contributed by atoms with Gasteiger partial charge in [-0.25, -0.2) is 4.79 Å². The number of nitrogens with zero attached hydrogens (tertiary/aromatic N) is 3. The van der Waals surface area contributed by atoms with Gasteiger partial charge in [-0.3, -0.25) is 10.1 Å². The monoisotopic (exact) mass is 503 g/mol. The number of nitro groups is 1. The van der Waals surface area contributed by atoms with Crippen LogP contribution in [0.5, 0.6) is 11.5 Å². The summed E-state index contributed by atoms with van der Waals surface area (Å²) in [5.41, 5.74) is 1.47. The molecule has 0 heterocycles. The molecule has 3 rings (SSSR count). The van der Waals surface area contributed by atoms with Gasteiger partial charge in [-0.2, -0.15) is 10.2 Å². The Bertz CT molecular complexity index is 1140. The number of azo groups is 1. The van der Waals surface area contributed by atoms with E-state index in [1.54, 1.807) is 48.5 Å². The Morgan fingerprint density at radius 3 is 1.81 bits per heavy atom. The van der Waals surface area contributed by atoms with Crippen LogP contribution in [0.4, 0.5) is 17.1 Å². The van der Waals surface area contributed by atoms with Crippen molar-refractivity contribution in [2.45, 2.75) is 58.3 Å². The molecule has 0 atom stereocenters. The highest BCUT2D eigenvalue weighted by Gasteiger charge is 2.09. The highest BCUT2D eigenvalue weighted by Crippen LogP contribution is 2.24. The van der Waals surface area contributed by atoms with Gasteiger partial charge in [0.2, 0.25) is 0 Å². The molecule has 3 aromatic carbocycles. The molecule has 0 aliphatic rings. The molecule has 0 radical (unpaired) electrons. The molecule has 0 aromatic heterocycles. The Hall–Kier alpha value is -4.07. The van der Waals surface area contributed by atoms with Gasteiger partial charge in [0.25, 0.3) is 5.69 Å². The molecule has 0 aliphatic heterocycles. The maximum absolute atomic E-state index is 12.5. The Morgan fingerprint density at radius 1 is 0.730 bits per heavy atom. The fourth-order valence-electron chi connectivity index (χ4n) is 3.62. The Labute approximate surface area is 217 Å². The third kappa shape index (κ3) is 9.83. The summed E-state index contributed by atoms with van der Waals surface area (Å²) in [6, 6.07) is 19.3. The number of hydrogen-bond acceptors (Lipinski definition) is 7. The predicted molar refractivity (Wildman–Crippen MR) is 143 cm³/mol. The van der Waals surface area contributed by atoms with Crippen LogP contribution >= 0.6 is 0 Å². The molecule has 0 saturated heterocycles. The third-order valence-electron chi connectivity index (χ3n) is 5.75. The van der Waals surface area contributed by atoms with E-state index in [2.05, 4.69) is 17.2 Å². The Balaban J connectivity index is 1.39. The number of hydrogen-bond donors (Lipinski definition) is 0. The summed E-state index contributed by atoms with van der Waals surface area (Å²) in [6.07, 6.45) is 10.0. The molecule has 37 heavy (non-hydrogen) atoms. The van der Waals surface area contributed by atoms with Crippen LogP contribution in [-0.2, 0) is 0 Å². The molecule has 8 heteroatoms. The average Bonchev–Trinajstić information content (AvgIpc) is 2.92. The second-order valence-corrected chi connectivity index (χ2v) is 8.70. The second-order valence-electron chi connectivity index (χ2n) is 8.70. The first-order valence-corrected chi connectivity index (χ1v) is 12.8. The van der Waals surface area contributed by atoms with E-state index in [1.165, 1.54) is 69.2 Å². The van der Waals surface area contributed by atoms with Crippen molar-refractivity contribution < 1.29 is 19.2 Å². The van der Waals surface area contributed by atoms with Crippen molar-refractivity contribution in [2.24, 2.45) is 10.2 Å². The first kappa shape index (κ1) is 27.5. The molecular weight excluding hydrogens is 470 g/mol. The summed E-state index contributed by atoms with van der Waals surface area (Å²) in [5, 5.41) is 18.9. The van der Waals surface area contributed by atoms with Gasteiger partial charge in [-0.05, 0) is 67.1 Å². The number of carbonyl (C=O) groups excluding carboxylic acids is 1. The number of carbonyl (C=O) groups is 1. The summed E-state index contributed by atoms with van der Waals surface area (Å²) in [4.78, 5) is 22.7. The highest BCUT2D eigenvalue weighted by atomic mass is 16.6. The lowest BCUT2D eigenvalue weighted by molar-refractivity contribution is -0.384. The quantitative estimate of drug-likeness (QED) is 0.0515. The maximum Gasteiger partial charge on any atom is 0.343 e. The Kier molecular flexibility index (Phi) is 11.3. The maximum atomic E-state index is 12.5. The van der Waals surface area contributed by atoms with Crippen LogP contribution < -0.4 is 9.47 Å². The smallest absolute Gasteiger partial charge is 0.343 e. The Morgan fingerprint density at radius 2 is 1.24 bits per heavy atom. The van der Waals surface area contributed by atoms with Crippen LogP contribution in [0.2, 0.25) is 0 Å². The van der Waals surface area contributed by atoms with Gasteiger partial charge >= 0.3 is 5.97 Å². The number of nitro benzene ring substituents is 1. The zero-order valence-corrected chi connectivity index (χ0v) is 21.2. The van der Waals surface area contributed by atoms with Crippen LogP contribution in [0.1, 0.15) is 68.6 Å². The number of esters is 1. The van der Waals surface area contributed by atoms with Gasteiger partial charge in [0.15, 0.2) is 0 Å². The van der Waals surface area contributed by atoms with E-state index >= 15 is 0 Å². The zero-order valence-electron chi connectivity index (χ0n) is 21.2. The fourth-order valence-corrected chi connectivity index (χ4v) is 3.62. The van der Waals surface area contributed by atoms with Crippen molar-refractivity contribution in [2.75, 3.05) is 6.61 Å². The first-order valence-electron chi connectivity index (χ1n) is 12.8. The molecule has 0 amide bonds. The van der Waals surface area contributed by atoms with Crippen molar-refractivity contribution in [1.82, 2.24) is 0 Å². The van der Waals surface area contributed by atoms with Gasteiger partial charge in [0.05, 0.1) is 28.5 Å². The molecule has 8 nitrogen and oxygen atoms in total. The molecule has 3 aromatic rings. The van der Waals surface area contributed by atoms with Gasteiger partial charge in [-0.1, -0.05) is 51.9 Å². The molecule has 0 fully saturated rings. The molecule has 0 N–H and O–H groups in total. The van der Waals surface area contributed by atoms with E-state index in [-0.39, 0.29) is 5.69 Å². The predicted octanol–water partition coefficient (Wildman–Crippen LogP) is 8.75. The topological polar surface area (TPSA) is 103 Å². The average molecular weight is 504 g/mol. The summed E-state index contributed by atoms with van der Waals surface area (Å²) in [6.45, 7) is 2.91. The zero-order chi connectivity index (χ0) is 26.3. The van der Waals surface area contributed by atoms with Crippen LogP contribution in [0.15, 0.2) is 83.0 Å². The van der Waals surface area contributed by atoms with Crippen LogP contribution in [0, 0.1) is 10.1 Å². The lowest BCUT2D eigenvalue weighted by Gasteiger charge is -2.08. The summed E-state index contributed by atoms with van der Waals surface area (Å²) in [7, 11) is 0. The number of ether oxygens (including phenoxy) is 2. The SMILES string of the molecule is CCCCCCCCCCOc1ccc(C(=O)Oc2ccc(N=Nc3ccc([N+](=O)[O-])cc3)cc2)cc1. The highest BCUT2D eigenvalue weighted by molar-refractivity contribution is 5.91. The minimum absolute atomic E-state index is 0.00825. The van der Waals surface area contributed by atoms with Gasteiger partial charge in [0.1, 0.15) is 11.5 Å². The van der Waals surface area contributed by atoms with Crippen molar-refractivity contribution in [1.29, 1.82) is 0 Å². The first-order chi connectivity index (χ1) is 18.0.